The summed E-state index contributed by atoms with van der Waals surface area (Å²) in [5.74, 6) is 0. The minimum absolute atomic E-state index is 0.549. The normalized spacial score (nSPS) is 10.3. The minimum atomic E-state index is 0.549. The largest absolute Gasteiger partial charge is 0.355 e. The first kappa shape index (κ1) is 13.0. The van der Waals surface area contributed by atoms with E-state index in [1.54, 1.807) is 0 Å². The van der Waals surface area contributed by atoms with E-state index in [0.717, 1.165) is 12.2 Å². The van der Waals surface area contributed by atoms with Gasteiger partial charge in [-0.15, -0.1) is 17.7 Å². The third-order valence-electron chi connectivity index (χ3n) is 2.50. The second kappa shape index (κ2) is 5.97. The number of hydrogen-bond donors (Lipinski definition) is 1. The molecular weight excluding hydrogens is 264 g/mol. The Morgan fingerprint density at radius 1 is 1.39 bits per heavy atom. The zero-order chi connectivity index (χ0) is 13.0. The van der Waals surface area contributed by atoms with Crippen LogP contribution >= 0.6 is 24.8 Å². The van der Waals surface area contributed by atoms with E-state index in [1.807, 2.05) is 41.0 Å². The van der Waals surface area contributed by atoms with Crippen LogP contribution in [0.1, 0.15) is 11.3 Å². The van der Waals surface area contributed by atoms with Crippen molar-refractivity contribution in [3.05, 3.63) is 47.8 Å². The maximum Gasteiger partial charge on any atom is 0.133 e. The van der Waals surface area contributed by atoms with Gasteiger partial charge in [0, 0.05) is 7.05 Å². The Morgan fingerprint density at radius 3 is 2.78 bits per heavy atom. The van der Waals surface area contributed by atoms with Crippen molar-refractivity contribution in [2.24, 2.45) is 0 Å². The van der Waals surface area contributed by atoms with E-state index >= 15 is 0 Å². The molecule has 0 aliphatic carbocycles. The molecular formula is C12H14N4S2. The molecule has 0 aliphatic heterocycles. The molecule has 0 spiro atoms. The van der Waals surface area contributed by atoms with Gasteiger partial charge < -0.3 is 4.90 Å². The lowest BCUT2D eigenvalue weighted by Crippen LogP contribution is -2.20. The van der Waals surface area contributed by atoms with Gasteiger partial charge >= 0.3 is 0 Å². The molecule has 2 rings (SSSR count). The number of hydrogen-bond acceptors (Lipinski definition) is 3. The molecule has 18 heavy (non-hydrogen) atoms. The average molecular weight is 278 g/mol. The molecule has 0 aliphatic rings. The molecule has 94 valence electrons. The van der Waals surface area contributed by atoms with E-state index in [4.69, 9.17) is 12.2 Å². The summed E-state index contributed by atoms with van der Waals surface area (Å²) in [5.41, 5.74) is 2.08. The molecule has 0 radical (unpaired) electrons. The van der Waals surface area contributed by atoms with Crippen molar-refractivity contribution in [3.8, 4) is 0 Å². The Morgan fingerprint density at radius 2 is 2.11 bits per heavy atom. The quantitative estimate of drug-likeness (QED) is 0.685. The van der Waals surface area contributed by atoms with Gasteiger partial charge in [0.05, 0.1) is 19.3 Å². The Labute approximate surface area is 117 Å². The highest BCUT2D eigenvalue weighted by Crippen LogP contribution is 2.04. The van der Waals surface area contributed by atoms with Crippen molar-refractivity contribution in [2.45, 2.75) is 13.1 Å². The lowest BCUT2D eigenvalue weighted by molar-refractivity contribution is 0.510. The van der Waals surface area contributed by atoms with E-state index in [1.165, 1.54) is 5.56 Å². The predicted molar refractivity (Wildman–Crippen MR) is 78.6 cm³/mol. The zero-order valence-electron chi connectivity index (χ0n) is 10.0. The van der Waals surface area contributed by atoms with Gasteiger partial charge in [-0.25, -0.2) is 4.68 Å². The Kier molecular flexibility index (Phi) is 4.33. The van der Waals surface area contributed by atoms with Gasteiger partial charge in [-0.05, 0) is 5.56 Å². The Hall–Kier alpha value is -1.40. The van der Waals surface area contributed by atoms with E-state index in [2.05, 4.69) is 35.1 Å². The van der Waals surface area contributed by atoms with Gasteiger partial charge in [-0.1, -0.05) is 47.8 Å². The van der Waals surface area contributed by atoms with Crippen LogP contribution in [0.4, 0.5) is 0 Å². The van der Waals surface area contributed by atoms with E-state index in [0.29, 0.717) is 10.9 Å². The topological polar surface area (TPSA) is 34.0 Å². The van der Waals surface area contributed by atoms with Gasteiger partial charge in [0.15, 0.2) is 0 Å². The van der Waals surface area contributed by atoms with Crippen LogP contribution in [0.2, 0.25) is 0 Å². The summed E-state index contributed by atoms with van der Waals surface area (Å²) >= 11 is 9.08. The highest BCUT2D eigenvalue weighted by Gasteiger charge is 2.05. The second-order valence-electron chi connectivity index (χ2n) is 4.03. The first-order chi connectivity index (χ1) is 8.65. The summed E-state index contributed by atoms with van der Waals surface area (Å²) in [6.07, 6.45) is 1.93. The van der Waals surface area contributed by atoms with Crippen LogP contribution in [-0.4, -0.2) is 31.3 Å². The van der Waals surface area contributed by atoms with Crippen LogP contribution in [0.5, 0.6) is 0 Å². The van der Waals surface area contributed by atoms with Crippen molar-refractivity contribution < 1.29 is 0 Å². The smallest absolute Gasteiger partial charge is 0.133 e. The van der Waals surface area contributed by atoms with Crippen LogP contribution < -0.4 is 0 Å². The first-order valence-corrected chi connectivity index (χ1v) is 6.37. The van der Waals surface area contributed by atoms with Crippen LogP contribution in [0.15, 0.2) is 36.5 Å². The number of rotatable bonds is 4. The van der Waals surface area contributed by atoms with Crippen molar-refractivity contribution in [1.29, 1.82) is 0 Å². The molecule has 0 saturated heterocycles. The summed E-state index contributed by atoms with van der Waals surface area (Å²) in [5, 5.41) is 8.21. The summed E-state index contributed by atoms with van der Waals surface area (Å²) in [6.45, 7) is 1.35. The first-order valence-electron chi connectivity index (χ1n) is 5.52. The standard InChI is InChI=1S/C12H14N4S2/c1-15(12(17)18)8-11-9-16(14-13-11)7-10-5-3-2-4-6-10/h2-6,9H,7-8H2,1H3,(H,17,18). The number of aromatic nitrogens is 3. The molecule has 6 heteroatoms. The van der Waals surface area contributed by atoms with E-state index in [-0.39, 0.29) is 0 Å². The third-order valence-corrected chi connectivity index (χ3v) is 3.15. The fraction of sp³-hybridized carbons (Fsp3) is 0.250. The Balaban J connectivity index is 2.00. The van der Waals surface area contributed by atoms with Crippen molar-refractivity contribution in [2.75, 3.05) is 7.05 Å². The molecule has 2 aromatic rings. The summed E-state index contributed by atoms with van der Waals surface area (Å²) in [7, 11) is 1.88. The van der Waals surface area contributed by atoms with Gasteiger partial charge in [-0.3, -0.25) is 0 Å². The maximum atomic E-state index is 4.96. The predicted octanol–water partition coefficient (Wildman–Crippen LogP) is 1.97. The zero-order valence-corrected chi connectivity index (χ0v) is 11.7. The molecule has 0 amide bonds. The molecule has 4 nitrogen and oxygen atoms in total. The summed E-state index contributed by atoms with van der Waals surface area (Å²) in [6, 6.07) is 10.2. The molecule has 0 unspecified atom stereocenters. The van der Waals surface area contributed by atoms with Crippen molar-refractivity contribution >= 4 is 29.2 Å². The minimum Gasteiger partial charge on any atom is -0.355 e. The van der Waals surface area contributed by atoms with Crippen LogP contribution in [-0.2, 0) is 13.1 Å². The summed E-state index contributed by atoms with van der Waals surface area (Å²) < 4.78 is 2.37. The van der Waals surface area contributed by atoms with Crippen LogP contribution in [0.3, 0.4) is 0 Å². The lowest BCUT2D eigenvalue weighted by atomic mass is 10.2. The fourth-order valence-corrected chi connectivity index (χ4v) is 1.70. The molecule has 0 saturated carbocycles. The average Bonchev–Trinajstić information content (AvgIpc) is 2.77. The molecule has 0 fully saturated rings. The van der Waals surface area contributed by atoms with Gasteiger partial charge in [-0.2, -0.15) is 0 Å². The second-order valence-corrected chi connectivity index (χ2v) is 5.14. The fourth-order valence-electron chi connectivity index (χ4n) is 1.57. The van der Waals surface area contributed by atoms with E-state index < -0.39 is 0 Å². The van der Waals surface area contributed by atoms with Crippen LogP contribution in [0.25, 0.3) is 0 Å². The lowest BCUT2D eigenvalue weighted by Gasteiger charge is -2.13. The molecule has 0 atom stereocenters. The monoisotopic (exact) mass is 278 g/mol. The Bertz CT molecular complexity index is 524. The number of nitrogens with zero attached hydrogens (tertiary/aromatic N) is 4. The highest BCUT2D eigenvalue weighted by molar-refractivity contribution is 8.10. The van der Waals surface area contributed by atoms with Gasteiger partial charge in [0.2, 0.25) is 0 Å². The van der Waals surface area contributed by atoms with Crippen molar-refractivity contribution in [1.82, 2.24) is 19.9 Å². The highest BCUT2D eigenvalue weighted by atomic mass is 32.1. The molecule has 1 aromatic heterocycles. The molecule has 1 heterocycles. The number of thiol groups is 1. The van der Waals surface area contributed by atoms with Gasteiger partial charge in [0.1, 0.15) is 10.0 Å². The molecule has 1 aromatic carbocycles. The summed E-state index contributed by atoms with van der Waals surface area (Å²) in [4.78, 5) is 1.84. The molecule has 0 N–H and O–H groups in total. The number of thiocarbonyl (C=S) groups is 1. The van der Waals surface area contributed by atoms with Crippen LogP contribution in [0, 0.1) is 0 Å². The molecule has 0 bridgehead atoms. The number of benzene rings is 1. The van der Waals surface area contributed by atoms with E-state index in [9.17, 15) is 0 Å². The van der Waals surface area contributed by atoms with Gasteiger partial charge in [0.25, 0.3) is 0 Å². The third kappa shape index (κ3) is 3.54. The van der Waals surface area contributed by atoms with Crippen molar-refractivity contribution in [3.63, 3.8) is 0 Å². The maximum absolute atomic E-state index is 4.96. The SMILES string of the molecule is CN(Cc1cn(Cc2ccccc2)nn1)C(=S)S.